The summed E-state index contributed by atoms with van der Waals surface area (Å²) in [7, 11) is 0. The van der Waals surface area contributed by atoms with Crippen LogP contribution in [0.1, 0.15) is 54.4 Å². The summed E-state index contributed by atoms with van der Waals surface area (Å²) in [6.45, 7) is 0.447. The number of nitrogens with one attached hydrogen (secondary N) is 3. The Morgan fingerprint density at radius 1 is 1.02 bits per heavy atom. The van der Waals surface area contributed by atoms with E-state index >= 15 is 0 Å². The Morgan fingerprint density at radius 2 is 1.75 bits per heavy atom. The Balaban J connectivity index is 1.33. The fraction of sp³-hybridized carbons (Fsp3) is 0.452. The highest BCUT2D eigenvalue weighted by Crippen LogP contribution is 2.31. The van der Waals surface area contributed by atoms with Crippen molar-refractivity contribution in [2.45, 2.75) is 75.8 Å². The number of halogens is 4. The summed E-state index contributed by atoms with van der Waals surface area (Å²) in [6, 6.07) is 6.80. The molecule has 3 atom stereocenters. The van der Waals surface area contributed by atoms with Gasteiger partial charge in [0.15, 0.2) is 0 Å². The van der Waals surface area contributed by atoms with Crippen LogP contribution in [0.3, 0.4) is 0 Å². The lowest BCUT2D eigenvalue weighted by Crippen LogP contribution is -2.57. The zero-order valence-electron chi connectivity index (χ0n) is 23.7. The van der Waals surface area contributed by atoms with Crippen molar-refractivity contribution in [1.82, 2.24) is 20.9 Å². The summed E-state index contributed by atoms with van der Waals surface area (Å²) in [4.78, 5) is 66.6. The van der Waals surface area contributed by atoms with Crippen molar-refractivity contribution >= 4 is 29.4 Å². The maximum atomic E-state index is 14.5. The predicted octanol–water partition coefficient (Wildman–Crippen LogP) is 2.59. The molecule has 13 heteroatoms. The molecule has 2 heterocycles. The second kappa shape index (κ2) is 12.7. The third-order valence-corrected chi connectivity index (χ3v) is 8.31. The van der Waals surface area contributed by atoms with E-state index in [4.69, 9.17) is 0 Å². The molecule has 0 radical (unpaired) electrons. The summed E-state index contributed by atoms with van der Waals surface area (Å²) >= 11 is 0. The van der Waals surface area contributed by atoms with Crippen LogP contribution in [0.4, 0.5) is 17.6 Å². The number of carbonyl (C=O) groups is 5. The van der Waals surface area contributed by atoms with Crippen molar-refractivity contribution in [2.75, 3.05) is 6.54 Å². The van der Waals surface area contributed by atoms with Crippen LogP contribution >= 0.6 is 0 Å². The summed E-state index contributed by atoms with van der Waals surface area (Å²) in [5.74, 6) is -4.91. The lowest BCUT2D eigenvalue weighted by molar-refractivity contribution is -0.144. The number of rotatable bonds is 10. The predicted molar refractivity (Wildman–Crippen MR) is 148 cm³/mol. The van der Waals surface area contributed by atoms with Crippen LogP contribution in [0, 0.1) is 11.7 Å². The van der Waals surface area contributed by atoms with Gasteiger partial charge < -0.3 is 20.9 Å². The number of aryl methyl sites for hydroxylation is 1. The molecule has 1 saturated heterocycles. The molecule has 2 aromatic rings. The van der Waals surface area contributed by atoms with E-state index in [1.165, 1.54) is 4.90 Å². The van der Waals surface area contributed by atoms with Gasteiger partial charge in [-0.25, -0.2) is 4.39 Å². The number of fused-ring (bicyclic) bond motifs is 1. The van der Waals surface area contributed by atoms with Gasteiger partial charge in [-0.1, -0.05) is 30.3 Å². The maximum absolute atomic E-state index is 14.5. The number of Topliss-reactive ketones (excluding diaryl/α,β-unsaturated/α-hetero) is 1. The van der Waals surface area contributed by atoms with Crippen LogP contribution in [0.25, 0.3) is 0 Å². The van der Waals surface area contributed by atoms with Gasteiger partial charge in [-0.3, -0.25) is 24.0 Å². The van der Waals surface area contributed by atoms with Crippen molar-refractivity contribution in [2.24, 2.45) is 5.92 Å². The van der Waals surface area contributed by atoms with Gasteiger partial charge >= 0.3 is 6.18 Å². The van der Waals surface area contributed by atoms with E-state index in [1.807, 2.05) is 6.07 Å². The summed E-state index contributed by atoms with van der Waals surface area (Å²) in [5.41, 5.74) is 0.367. The second-order valence-electron chi connectivity index (χ2n) is 11.5. The molecule has 4 amide bonds. The monoisotopic (exact) mass is 616 g/mol. The number of amides is 4. The molecule has 5 rings (SSSR count). The summed E-state index contributed by atoms with van der Waals surface area (Å²) < 4.78 is 53.3. The van der Waals surface area contributed by atoms with Gasteiger partial charge in [0.2, 0.25) is 23.5 Å². The average Bonchev–Trinajstić information content (AvgIpc) is 3.72. The first-order valence-electron chi connectivity index (χ1n) is 14.6. The minimum atomic E-state index is -4.71. The SMILES string of the molecule is O=C(NC1CC1)C(=O)[C@H](C[C@@H]1CCNC1=O)NC(=O)[C@@H]1Cc2ccccc2CN1C(=O)CCc1ccc(C(F)(F)F)cc1F. The number of nitrogens with zero attached hydrogens (tertiary/aromatic N) is 1. The first kappa shape index (κ1) is 31.1. The van der Waals surface area contributed by atoms with Crippen LogP contribution in [0.15, 0.2) is 42.5 Å². The molecule has 3 aliphatic rings. The molecule has 0 unspecified atom stereocenters. The smallest absolute Gasteiger partial charge is 0.356 e. The van der Waals surface area contributed by atoms with Crippen molar-refractivity contribution in [3.8, 4) is 0 Å². The molecule has 0 aromatic heterocycles. The van der Waals surface area contributed by atoms with E-state index in [1.54, 1.807) is 18.2 Å². The first-order chi connectivity index (χ1) is 20.9. The van der Waals surface area contributed by atoms with Crippen molar-refractivity contribution in [1.29, 1.82) is 0 Å². The fourth-order valence-electron chi connectivity index (χ4n) is 5.63. The van der Waals surface area contributed by atoms with E-state index in [9.17, 15) is 41.5 Å². The molecule has 1 saturated carbocycles. The normalized spacial score (nSPS) is 20.4. The standard InChI is InChI=1S/C31H32F4N4O5/c32-23-15-21(31(33,34)35)7-5-17(23)6-10-26(40)39-16-20-4-2-1-3-18(20)14-25(39)29(43)38-24(13-19-11-12-36-28(19)42)27(41)30(44)37-22-8-9-22/h1-5,7,15,19,22,24-25H,6,8-14,16H2,(H,36,42)(H,37,44)(H,38,43)/t19-,24-,25-/m0/s1. The van der Waals surface area contributed by atoms with Gasteiger partial charge in [-0.2, -0.15) is 13.2 Å². The quantitative estimate of drug-likeness (QED) is 0.280. The highest BCUT2D eigenvalue weighted by Gasteiger charge is 2.40. The van der Waals surface area contributed by atoms with Crippen molar-refractivity contribution in [3.05, 3.63) is 70.5 Å². The third kappa shape index (κ3) is 7.25. The number of alkyl halides is 3. The van der Waals surface area contributed by atoms with Crippen molar-refractivity contribution < 1.29 is 41.5 Å². The lowest BCUT2D eigenvalue weighted by atomic mass is 9.91. The van der Waals surface area contributed by atoms with E-state index in [0.717, 1.165) is 36.1 Å². The van der Waals surface area contributed by atoms with Gasteiger partial charge in [-0.15, -0.1) is 0 Å². The lowest BCUT2D eigenvalue weighted by Gasteiger charge is -2.37. The van der Waals surface area contributed by atoms with E-state index in [-0.39, 0.29) is 49.7 Å². The first-order valence-corrected chi connectivity index (χ1v) is 14.6. The number of hydrogen-bond donors (Lipinski definition) is 3. The minimum absolute atomic E-state index is 0.0361. The summed E-state index contributed by atoms with van der Waals surface area (Å²) in [6.07, 6.45) is -3.26. The van der Waals surface area contributed by atoms with Crippen LogP contribution in [-0.4, -0.2) is 59.0 Å². The number of carbonyl (C=O) groups excluding carboxylic acids is 5. The van der Waals surface area contributed by atoms with Gasteiger partial charge in [0.05, 0.1) is 11.6 Å². The zero-order valence-corrected chi connectivity index (χ0v) is 23.7. The molecule has 44 heavy (non-hydrogen) atoms. The molecule has 234 valence electrons. The maximum Gasteiger partial charge on any atom is 0.416 e. The van der Waals surface area contributed by atoms with Gasteiger partial charge in [0, 0.05) is 37.9 Å². The van der Waals surface area contributed by atoms with E-state index in [0.29, 0.717) is 19.0 Å². The van der Waals surface area contributed by atoms with Gasteiger partial charge in [0.1, 0.15) is 11.9 Å². The Morgan fingerprint density at radius 3 is 2.39 bits per heavy atom. The zero-order chi connectivity index (χ0) is 31.6. The van der Waals surface area contributed by atoms with Crippen LogP contribution in [-0.2, 0) is 49.5 Å². The Labute approximate surface area is 250 Å². The van der Waals surface area contributed by atoms with Gasteiger partial charge in [-0.05, 0) is 60.9 Å². The average molecular weight is 617 g/mol. The molecule has 3 N–H and O–H groups in total. The molecule has 0 bridgehead atoms. The molecular formula is C31H32F4N4O5. The molecule has 2 aliphatic heterocycles. The van der Waals surface area contributed by atoms with Crippen LogP contribution in [0.5, 0.6) is 0 Å². The summed E-state index contributed by atoms with van der Waals surface area (Å²) in [5, 5.41) is 7.93. The van der Waals surface area contributed by atoms with Crippen molar-refractivity contribution in [3.63, 3.8) is 0 Å². The van der Waals surface area contributed by atoms with Crippen LogP contribution in [0.2, 0.25) is 0 Å². The Kier molecular flexibility index (Phi) is 9.02. The molecule has 2 fully saturated rings. The minimum Gasteiger partial charge on any atom is -0.356 e. The number of benzene rings is 2. The molecule has 0 spiro atoms. The number of hydrogen-bond acceptors (Lipinski definition) is 5. The topological polar surface area (TPSA) is 125 Å². The van der Waals surface area contributed by atoms with E-state index in [2.05, 4.69) is 16.0 Å². The van der Waals surface area contributed by atoms with Gasteiger partial charge in [0.25, 0.3) is 5.91 Å². The Bertz CT molecular complexity index is 1480. The fourth-order valence-corrected chi connectivity index (χ4v) is 5.63. The molecule has 1 aliphatic carbocycles. The second-order valence-corrected chi connectivity index (χ2v) is 11.5. The highest BCUT2D eigenvalue weighted by molar-refractivity contribution is 6.38. The van der Waals surface area contributed by atoms with E-state index < -0.39 is 59.1 Å². The molecule has 9 nitrogen and oxygen atoms in total. The highest BCUT2D eigenvalue weighted by atomic mass is 19.4. The Hall–Kier alpha value is -4.29. The third-order valence-electron chi connectivity index (χ3n) is 8.31. The number of ketones is 1. The molecule has 2 aromatic carbocycles. The van der Waals surface area contributed by atoms with Crippen LogP contribution < -0.4 is 16.0 Å². The largest absolute Gasteiger partial charge is 0.416 e. The molecular weight excluding hydrogens is 584 g/mol.